The first-order valence-electron chi connectivity index (χ1n) is 23.6. The predicted octanol–water partition coefficient (Wildman–Crippen LogP) is 13.7. The zero-order valence-corrected chi connectivity index (χ0v) is 36.8. The Bertz CT molecular complexity index is 1010. The third-order valence-electron chi connectivity index (χ3n) is 10.4. The Balaban J connectivity index is 4.56. The molecule has 0 heterocycles. The molecule has 0 spiro atoms. The standard InChI is InChI=1S/C50H89NO5/c1-4-7-10-13-16-19-21-22-23-24-25-26-27-28-31-34-37-40-43-50(55)56-46(41-38-35-32-29-18-15-12-9-6-3)44-49(54)51-47(45-52)48(53)42-39-36-33-30-20-17-14-11-8-5-2/h15-16,18-19,21-26,46-48,52-53H,4-14,17,20,27-45H2,1-3H3,(H,51,54)/b18-15-,19-16+,22-21+,24-23+,26-25+. The highest BCUT2D eigenvalue weighted by atomic mass is 16.5. The van der Waals surface area contributed by atoms with Crippen molar-refractivity contribution >= 4 is 11.9 Å². The van der Waals surface area contributed by atoms with Gasteiger partial charge in [-0.05, 0) is 70.6 Å². The number of aliphatic hydroxyl groups excluding tert-OH is 2. The highest BCUT2D eigenvalue weighted by molar-refractivity contribution is 5.77. The van der Waals surface area contributed by atoms with Gasteiger partial charge in [-0.3, -0.25) is 9.59 Å². The number of aliphatic hydroxyl groups is 2. The van der Waals surface area contributed by atoms with E-state index in [1.807, 2.05) is 0 Å². The number of esters is 1. The van der Waals surface area contributed by atoms with Crippen molar-refractivity contribution in [1.29, 1.82) is 0 Å². The number of hydrogen-bond donors (Lipinski definition) is 3. The molecule has 0 aliphatic heterocycles. The molecule has 0 saturated carbocycles. The summed E-state index contributed by atoms with van der Waals surface area (Å²) in [6, 6.07) is -0.710. The lowest BCUT2D eigenvalue weighted by Gasteiger charge is -2.24. The summed E-state index contributed by atoms with van der Waals surface area (Å²) < 4.78 is 5.88. The molecule has 0 fully saturated rings. The van der Waals surface area contributed by atoms with Gasteiger partial charge in [0.1, 0.15) is 6.10 Å². The Morgan fingerprint density at radius 1 is 0.518 bits per heavy atom. The van der Waals surface area contributed by atoms with E-state index in [4.69, 9.17) is 4.74 Å². The largest absolute Gasteiger partial charge is 0.462 e. The molecule has 0 rings (SSSR count). The minimum absolute atomic E-state index is 0.0549. The lowest BCUT2D eigenvalue weighted by atomic mass is 10.0. The van der Waals surface area contributed by atoms with E-state index in [-0.39, 0.29) is 24.9 Å². The van der Waals surface area contributed by atoms with Gasteiger partial charge in [-0.1, -0.05) is 197 Å². The van der Waals surface area contributed by atoms with E-state index < -0.39 is 18.2 Å². The zero-order valence-electron chi connectivity index (χ0n) is 36.8. The highest BCUT2D eigenvalue weighted by Gasteiger charge is 2.24. The minimum Gasteiger partial charge on any atom is -0.462 e. The molecule has 0 aromatic heterocycles. The SMILES string of the molecule is CCCC/C=C\CCCCCC(CC(=O)NC(CO)C(O)CCCCCCCCCCCC)OC(=O)CCCCCCC/C=C/C=C/C=C/C=C/CCCCC. The lowest BCUT2D eigenvalue weighted by molar-refractivity contribution is -0.151. The van der Waals surface area contributed by atoms with Gasteiger partial charge < -0.3 is 20.3 Å². The van der Waals surface area contributed by atoms with E-state index in [1.165, 1.54) is 77.0 Å². The molecule has 0 aromatic carbocycles. The number of nitrogens with one attached hydrogen (secondary N) is 1. The van der Waals surface area contributed by atoms with Crippen molar-refractivity contribution in [2.75, 3.05) is 6.61 Å². The number of carbonyl (C=O) groups is 2. The first-order chi connectivity index (χ1) is 27.5. The molecule has 0 aliphatic rings. The van der Waals surface area contributed by atoms with Crippen LogP contribution in [0.3, 0.4) is 0 Å². The van der Waals surface area contributed by atoms with Gasteiger partial charge in [-0.2, -0.15) is 0 Å². The second-order valence-corrected chi connectivity index (χ2v) is 15.9. The van der Waals surface area contributed by atoms with E-state index >= 15 is 0 Å². The van der Waals surface area contributed by atoms with E-state index in [2.05, 4.69) is 86.8 Å². The Hall–Kier alpha value is -2.44. The molecule has 0 aromatic rings. The van der Waals surface area contributed by atoms with E-state index in [9.17, 15) is 19.8 Å². The number of ether oxygens (including phenoxy) is 1. The van der Waals surface area contributed by atoms with Crippen LogP contribution in [-0.4, -0.2) is 46.9 Å². The van der Waals surface area contributed by atoms with E-state index in [0.29, 0.717) is 19.3 Å². The molecule has 3 N–H and O–H groups in total. The molecular formula is C50H89NO5. The average Bonchev–Trinajstić information content (AvgIpc) is 3.19. The molecule has 3 unspecified atom stereocenters. The Kier molecular flexibility index (Phi) is 41.8. The summed E-state index contributed by atoms with van der Waals surface area (Å²) in [7, 11) is 0. The van der Waals surface area contributed by atoms with Crippen LogP contribution >= 0.6 is 0 Å². The molecule has 6 nitrogen and oxygen atoms in total. The van der Waals surface area contributed by atoms with Crippen LogP contribution in [-0.2, 0) is 14.3 Å². The number of carbonyl (C=O) groups excluding carboxylic acids is 2. The van der Waals surface area contributed by atoms with Crippen LogP contribution in [0.5, 0.6) is 0 Å². The van der Waals surface area contributed by atoms with Gasteiger partial charge in [-0.25, -0.2) is 0 Å². The quantitative estimate of drug-likeness (QED) is 0.0248. The first-order valence-corrected chi connectivity index (χ1v) is 23.6. The molecule has 3 atom stereocenters. The summed E-state index contributed by atoms with van der Waals surface area (Å²) in [5.41, 5.74) is 0. The van der Waals surface area contributed by atoms with Crippen LogP contribution in [0.15, 0.2) is 60.8 Å². The van der Waals surface area contributed by atoms with Crippen molar-refractivity contribution in [1.82, 2.24) is 5.32 Å². The Morgan fingerprint density at radius 2 is 0.946 bits per heavy atom. The summed E-state index contributed by atoms with van der Waals surface area (Å²) in [5, 5.41) is 23.6. The molecule has 0 radical (unpaired) electrons. The van der Waals surface area contributed by atoms with Gasteiger partial charge >= 0.3 is 5.97 Å². The van der Waals surface area contributed by atoms with Gasteiger partial charge in [0.25, 0.3) is 0 Å². The lowest BCUT2D eigenvalue weighted by Crippen LogP contribution is -2.46. The van der Waals surface area contributed by atoms with Crippen LogP contribution in [0, 0.1) is 0 Å². The predicted molar refractivity (Wildman–Crippen MR) is 241 cm³/mol. The molecule has 56 heavy (non-hydrogen) atoms. The Labute approximate surface area is 346 Å². The fourth-order valence-corrected chi connectivity index (χ4v) is 6.77. The van der Waals surface area contributed by atoms with Crippen molar-refractivity contribution in [3.63, 3.8) is 0 Å². The van der Waals surface area contributed by atoms with Crippen LogP contribution < -0.4 is 5.32 Å². The highest BCUT2D eigenvalue weighted by Crippen LogP contribution is 2.17. The van der Waals surface area contributed by atoms with Crippen molar-refractivity contribution in [2.24, 2.45) is 0 Å². The third kappa shape index (κ3) is 38.4. The van der Waals surface area contributed by atoms with Crippen molar-refractivity contribution in [3.05, 3.63) is 60.8 Å². The Morgan fingerprint density at radius 3 is 1.54 bits per heavy atom. The number of unbranched alkanes of at least 4 members (excludes halogenated alkanes) is 22. The molecule has 0 aliphatic carbocycles. The smallest absolute Gasteiger partial charge is 0.306 e. The normalized spacial score (nSPS) is 13.9. The number of hydrogen-bond acceptors (Lipinski definition) is 5. The van der Waals surface area contributed by atoms with Crippen LogP contribution in [0.4, 0.5) is 0 Å². The number of amides is 1. The topological polar surface area (TPSA) is 95.9 Å². The van der Waals surface area contributed by atoms with Crippen LogP contribution in [0.1, 0.15) is 220 Å². The molecule has 1 amide bonds. The monoisotopic (exact) mass is 784 g/mol. The number of rotatable bonds is 41. The van der Waals surface area contributed by atoms with Crippen molar-refractivity contribution < 1.29 is 24.5 Å². The molecule has 6 heteroatoms. The van der Waals surface area contributed by atoms with Crippen LogP contribution in [0.2, 0.25) is 0 Å². The second kappa shape index (κ2) is 43.7. The minimum atomic E-state index is -0.794. The summed E-state index contributed by atoms with van der Waals surface area (Å²) in [6.07, 6.45) is 52.8. The maximum atomic E-state index is 13.1. The fraction of sp³-hybridized carbons (Fsp3) is 0.760. The second-order valence-electron chi connectivity index (χ2n) is 15.9. The van der Waals surface area contributed by atoms with Gasteiger partial charge in [0.05, 0.1) is 25.2 Å². The number of allylic oxidation sites excluding steroid dienone is 10. The van der Waals surface area contributed by atoms with Crippen molar-refractivity contribution in [2.45, 2.75) is 238 Å². The van der Waals surface area contributed by atoms with Gasteiger partial charge in [0.2, 0.25) is 5.91 Å². The van der Waals surface area contributed by atoms with E-state index in [0.717, 1.165) is 96.3 Å². The first kappa shape index (κ1) is 53.6. The van der Waals surface area contributed by atoms with Crippen LogP contribution in [0.25, 0.3) is 0 Å². The summed E-state index contributed by atoms with van der Waals surface area (Å²) in [6.45, 7) is 6.36. The van der Waals surface area contributed by atoms with E-state index in [1.54, 1.807) is 0 Å². The summed E-state index contributed by atoms with van der Waals surface area (Å²) in [5.74, 6) is -0.522. The summed E-state index contributed by atoms with van der Waals surface area (Å²) in [4.78, 5) is 26.0. The van der Waals surface area contributed by atoms with Gasteiger partial charge in [0.15, 0.2) is 0 Å². The molecular weight excluding hydrogens is 695 g/mol. The zero-order chi connectivity index (χ0) is 41.0. The van der Waals surface area contributed by atoms with Crippen molar-refractivity contribution in [3.8, 4) is 0 Å². The maximum Gasteiger partial charge on any atom is 0.306 e. The molecule has 0 bridgehead atoms. The third-order valence-corrected chi connectivity index (χ3v) is 10.4. The van der Waals surface area contributed by atoms with Gasteiger partial charge in [-0.15, -0.1) is 0 Å². The average molecular weight is 784 g/mol. The molecule has 0 saturated heterocycles. The maximum absolute atomic E-state index is 13.1. The fourth-order valence-electron chi connectivity index (χ4n) is 6.77. The summed E-state index contributed by atoms with van der Waals surface area (Å²) >= 11 is 0. The van der Waals surface area contributed by atoms with Gasteiger partial charge in [0, 0.05) is 6.42 Å². The molecule has 324 valence electrons.